The van der Waals surface area contributed by atoms with Crippen LogP contribution in [-0.4, -0.2) is 122 Å². The number of aromatic carboxylic acids is 2. The van der Waals surface area contributed by atoms with Gasteiger partial charge < -0.3 is 74.8 Å². The maximum Gasteiger partial charge on any atom is 0.336 e. The van der Waals surface area contributed by atoms with Crippen molar-refractivity contribution in [2.75, 3.05) is 56.5 Å². The van der Waals surface area contributed by atoms with Crippen LogP contribution in [0.15, 0.2) is 99.2 Å². The number of unbranched alkanes of at least 4 members (excludes halogenated alkanes) is 4. The highest BCUT2D eigenvalue weighted by Crippen LogP contribution is 2.62. The molecule has 7 aromatic rings. The number of phenols is 1. The summed E-state index contributed by atoms with van der Waals surface area (Å²) in [5, 5.41) is 53.8. The lowest BCUT2D eigenvalue weighted by Crippen LogP contribution is -2.45. The molecule has 1 aliphatic carbocycles. The van der Waals surface area contributed by atoms with Crippen LogP contribution < -0.4 is 71.9 Å². The van der Waals surface area contributed by atoms with E-state index >= 15 is 0 Å². The molecule has 2 aromatic heterocycles. The molecular weight excluding hydrogens is 1450 g/mol. The molecule has 32 nitrogen and oxygen atoms in total. The Hall–Kier alpha value is -9.78. The number of phenolic OH excluding ortho intramolecular Hbond substituents is 1. The van der Waals surface area contributed by atoms with Crippen LogP contribution in [-0.2, 0) is 63.8 Å². The van der Waals surface area contributed by atoms with Crippen molar-refractivity contribution in [3.63, 3.8) is 0 Å². The molecule has 8 aliphatic rings. The van der Waals surface area contributed by atoms with Crippen molar-refractivity contribution in [2.45, 2.75) is 115 Å². The van der Waals surface area contributed by atoms with Crippen LogP contribution in [0, 0.1) is 0 Å². The number of rotatable bonds is 25. The van der Waals surface area contributed by atoms with Gasteiger partial charge in [-0.25, -0.2) is 23.5 Å². The minimum Gasteiger partial charge on any atom is -0.766 e. The number of hydrogen-bond acceptors (Lipinski definition) is 24. The van der Waals surface area contributed by atoms with E-state index < -0.39 is 89.7 Å². The van der Waals surface area contributed by atoms with Gasteiger partial charge in [0.25, 0.3) is 33.0 Å². The number of phosphoric ester groups is 1. The van der Waals surface area contributed by atoms with E-state index in [1.54, 1.807) is 12.1 Å². The third-order valence-corrected chi connectivity index (χ3v) is 24.7. The van der Waals surface area contributed by atoms with Gasteiger partial charge in [-0.1, -0.05) is 31.4 Å². The molecule has 5 aromatic carbocycles. The number of aryl methyl sites for hydroxylation is 2. The van der Waals surface area contributed by atoms with E-state index in [4.69, 9.17) is 19.6 Å². The number of carboxylic acids is 2. The molecule has 1 saturated heterocycles. The molecule has 0 bridgehead atoms. The highest BCUT2D eigenvalue weighted by atomic mass is 31.3. The van der Waals surface area contributed by atoms with Gasteiger partial charge in [-0.2, -0.15) is 4.98 Å². The SMILES string of the molecule is Nc1nc2c(ncn2C2C[C@H](O)[C@@H](COP(=O)([O-])OP(=O)([O-])OP(=O)([O-])NCCCCCCCNC(=O)c3ccc(-c4c5ccc(=O)cc-5oc5c(CNC(=O)c6ccc(C7=c8cc9c%10c(c8Oc8c7cc7c%11c8CCCN%11CCC7)CCC[N+]=%10CCC9)c(C(=O)O)c6)c(O)ccc45)c(C(=O)O)c3)O2)c(=O)[nH]1. The number of H-pyrrole nitrogens is 1. The number of nitrogens with zero attached hydrogens (tertiary/aromatic N) is 5. The van der Waals surface area contributed by atoms with Gasteiger partial charge in [-0.05, 0) is 129 Å². The molecule has 107 heavy (non-hydrogen) atoms. The van der Waals surface area contributed by atoms with Gasteiger partial charge in [-0.15, -0.1) is 0 Å². The number of nitrogens with one attached hydrogen (secondary N) is 4. The highest BCUT2D eigenvalue weighted by Gasteiger charge is 2.40. The number of hydrogen-bond donors (Lipinski definition) is 9. The second-order valence-corrected chi connectivity index (χ2v) is 31.9. The van der Waals surface area contributed by atoms with Crippen LogP contribution in [0.25, 0.3) is 50.2 Å². The molecule has 4 unspecified atom stereocenters. The number of nitrogens with two attached hydrogens (primary N) is 1. The summed E-state index contributed by atoms with van der Waals surface area (Å²) >= 11 is 0. The predicted molar refractivity (Wildman–Crippen MR) is 379 cm³/mol. The normalized spacial score (nSPS) is 18.9. The van der Waals surface area contributed by atoms with E-state index in [9.17, 15) is 77.6 Å². The maximum absolute atomic E-state index is 14.5. The average molecular weight is 1520 g/mol. The summed E-state index contributed by atoms with van der Waals surface area (Å²) in [5.41, 5.74) is 12.5. The summed E-state index contributed by atoms with van der Waals surface area (Å²) < 4.78 is 72.9. The molecule has 0 saturated carbocycles. The molecule has 0 spiro atoms. The minimum atomic E-state index is -6.16. The zero-order chi connectivity index (χ0) is 75.0. The van der Waals surface area contributed by atoms with Crippen molar-refractivity contribution < 1.29 is 95.0 Å². The van der Waals surface area contributed by atoms with Crippen molar-refractivity contribution in [1.82, 2.24) is 39.8 Å². The molecule has 6 atom stereocenters. The standard InChI is InChI=1S/C72H73N10O22P3/c73-72-78-66-60(69(88)79-72)76-36-82(66)57-33-54(85)56(100-57)35-99-106(95,96)104-107(97,98)103-105(93,94)77-23-5-3-1-2-4-22-74-67(86)39-14-17-42(48(30-39)70(89)90)58-44-19-16-41(83)32-55(44)101-63-45(58)20-21-53(84)52(63)34-75-68(87)40-15-18-43(49(31-40)71(91)92)59-50-28-37-10-6-24-80-26-8-12-46(61(37)80)64(50)102-65-47-13-9-27-81-25-7-11-38(62(47)81)29-51(59)65/h14-21,28-32,36,54,56-57,85H,1-13,22-27,33-35H2,(H11-,73,74,75,77,78,79,83,84,86,87,88,89,90,91,92,93,94,95,96,97,98)/p-2/t54-,56+,57?/m0/s1. The van der Waals surface area contributed by atoms with Crippen molar-refractivity contribution in [3.8, 4) is 39.7 Å². The summed E-state index contributed by atoms with van der Waals surface area (Å²) in [4.78, 5) is 130. The molecular formula is C72H71N10O22P3-2. The molecule has 558 valence electrons. The number of phosphoric acid groups is 2. The Labute approximate surface area is 607 Å². The van der Waals surface area contributed by atoms with E-state index in [-0.39, 0.29) is 104 Å². The van der Waals surface area contributed by atoms with Gasteiger partial charge in [0.1, 0.15) is 54.0 Å². The molecule has 1 fully saturated rings. The first-order valence-corrected chi connectivity index (χ1v) is 39.5. The van der Waals surface area contributed by atoms with Crippen molar-refractivity contribution >= 4 is 86.5 Å². The van der Waals surface area contributed by atoms with Crippen molar-refractivity contribution in [1.29, 1.82) is 0 Å². The van der Waals surface area contributed by atoms with Gasteiger partial charge in [0.05, 0.1) is 47.8 Å². The second kappa shape index (κ2) is 29.1. The number of aromatic hydroxyl groups is 1. The quantitative estimate of drug-likeness (QED) is 0.0155. The fourth-order valence-corrected chi connectivity index (χ4v) is 19.3. The van der Waals surface area contributed by atoms with Crippen LogP contribution in [0.4, 0.5) is 11.6 Å². The van der Waals surface area contributed by atoms with Crippen LogP contribution >= 0.6 is 23.4 Å². The summed E-state index contributed by atoms with van der Waals surface area (Å²) in [5.74, 6) is -3.05. The lowest BCUT2D eigenvalue weighted by atomic mass is 9.81. The summed E-state index contributed by atoms with van der Waals surface area (Å²) in [6.07, 6.45) is 6.39. The smallest absolute Gasteiger partial charge is 0.336 e. The molecule has 7 aliphatic heterocycles. The number of aromatic amines is 1. The lowest BCUT2D eigenvalue weighted by molar-refractivity contribution is -0.246. The minimum absolute atomic E-state index is 0.00597. The van der Waals surface area contributed by atoms with Crippen LogP contribution in [0.1, 0.15) is 151 Å². The fraction of sp³-hybridized carbons (Fsp3) is 0.347. The summed E-state index contributed by atoms with van der Waals surface area (Å²) in [6.45, 7) is 2.23. The van der Waals surface area contributed by atoms with Gasteiger partial charge >= 0.3 is 11.9 Å². The number of anilines is 2. The largest absolute Gasteiger partial charge is 0.766 e. The topological polar surface area (TPSA) is 478 Å². The third-order valence-electron chi connectivity index (χ3n) is 20.3. The Kier molecular flexibility index (Phi) is 19.8. The van der Waals surface area contributed by atoms with Crippen LogP contribution in [0.2, 0.25) is 0 Å². The lowest BCUT2D eigenvalue weighted by Gasteiger charge is -2.39. The zero-order valence-corrected chi connectivity index (χ0v) is 59.8. The Bertz CT molecular complexity index is 5600. The molecule has 10 N–H and O–H groups in total. The number of imidazole rings is 1. The number of aliphatic hydroxyl groups excluding tert-OH is 1. The van der Waals surface area contributed by atoms with Crippen molar-refractivity contribution in [2.24, 2.45) is 0 Å². The third kappa shape index (κ3) is 14.4. The number of nitrogen functional groups attached to an aromatic ring is 1. The first-order valence-electron chi connectivity index (χ1n) is 35.0. The average Bonchev–Trinajstić information content (AvgIpc) is 1.43. The van der Waals surface area contributed by atoms with Gasteiger partial charge in [0.15, 0.2) is 16.6 Å². The Morgan fingerprint density at radius 3 is 2.19 bits per heavy atom. The second-order valence-electron chi connectivity index (χ2n) is 27.2. The number of benzene rings is 6. The number of ether oxygens (including phenoxy) is 2. The van der Waals surface area contributed by atoms with Gasteiger partial charge in [0, 0.05) is 112 Å². The number of carboxylic acid groups (broad SMARTS) is 2. The van der Waals surface area contributed by atoms with Crippen LogP contribution in [0.3, 0.4) is 0 Å². The molecule has 2 amide bonds. The Morgan fingerprint density at radius 2 is 1.42 bits per heavy atom. The van der Waals surface area contributed by atoms with E-state index in [0.717, 1.165) is 117 Å². The van der Waals surface area contributed by atoms with Crippen LogP contribution in [0.5, 0.6) is 17.2 Å². The maximum atomic E-state index is 14.5. The predicted octanol–water partition coefficient (Wildman–Crippen LogP) is 5.12. The van der Waals surface area contributed by atoms with E-state index in [1.165, 1.54) is 87.7 Å². The zero-order valence-electron chi connectivity index (χ0n) is 57.2. The van der Waals surface area contributed by atoms with Gasteiger partial charge in [0.2, 0.25) is 19.1 Å². The Morgan fingerprint density at radius 1 is 0.738 bits per heavy atom. The number of carbonyl (C=O) groups excluding carboxylic acids is 2. The number of carbonyl (C=O) groups is 4. The number of fused-ring (bicyclic) bond motifs is 7. The van der Waals surface area contributed by atoms with E-state index in [1.807, 2.05) is 5.09 Å². The first kappa shape index (κ1) is 72.8. The summed E-state index contributed by atoms with van der Waals surface area (Å²) in [6, 6.07) is 19.8. The number of aromatic nitrogens is 4. The molecule has 35 heteroatoms. The first-order chi connectivity index (χ1) is 51.3. The van der Waals surface area contributed by atoms with Gasteiger partial charge in [-0.3, -0.25) is 51.8 Å². The molecule has 0 radical (unpaired) electrons. The number of amides is 2. The fourth-order valence-electron chi connectivity index (χ4n) is 15.7. The molecule has 15 rings (SSSR count). The highest BCUT2D eigenvalue weighted by molar-refractivity contribution is 7.66. The Balaban J connectivity index is 0.584. The van der Waals surface area contributed by atoms with E-state index in [2.05, 4.69) is 60.3 Å². The number of aliphatic hydroxyl groups is 1. The molecule has 9 heterocycles. The monoisotopic (exact) mass is 1520 g/mol. The van der Waals surface area contributed by atoms with E-state index in [0.29, 0.717) is 36.8 Å². The van der Waals surface area contributed by atoms with Crippen molar-refractivity contribution in [3.05, 3.63) is 178 Å². The summed E-state index contributed by atoms with van der Waals surface area (Å²) in [7, 11) is -17.5.